The monoisotopic (exact) mass is 439 g/mol. The van der Waals surface area contributed by atoms with Gasteiger partial charge in [0, 0.05) is 10.5 Å². The SMILES string of the molecule is COc1ccc(NS(=O)(=O)c2cc(Br)cc(C(F)(F)F)c2)cc1OC. The highest BCUT2D eigenvalue weighted by molar-refractivity contribution is 9.10. The van der Waals surface area contributed by atoms with E-state index >= 15 is 0 Å². The number of alkyl halides is 3. The molecule has 0 aliphatic heterocycles. The summed E-state index contributed by atoms with van der Waals surface area (Å²) in [6, 6.07) is 6.68. The van der Waals surface area contributed by atoms with Crippen LogP contribution in [0, 0.1) is 0 Å². The first kappa shape index (κ1) is 19.4. The average molecular weight is 440 g/mol. The molecule has 2 aromatic rings. The summed E-state index contributed by atoms with van der Waals surface area (Å²) in [5.41, 5.74) is -0.958. The molecule has 5 nitrogen and oxygen atoms in total. The Kier molecular flexibility index (Phi) is 5.52. The molecule has 0 atom stereocenters. The largest absolute Gasteiger partial charge is 0.493 e. The van der Waals surface area contributed by atoms with Gasteiger partial charge in [0.1, 0.15) is 0 Å². The molecule has 0 fully saturated rings. The Hall–Kier alpha value is -1.94. The Labute approximate surface area is 150 Å². The molecule has 10 heteroatoms. The van der Waals surface area contributed by atoms with Crippen molar-refractivity contribution in [2.75, 3.05) is 18.9 Å². The van der Waals surface area contributed by atoms with Crippen LogP contribution in [0.2, 0.25) is 0 Å². The van der Waals surface area contributed by atoms with Gasteiger partial charge >= 0.3 is 6.18 Å². The third kappa shape index (κ3) is 4.57. The first-order chi connectivity index (χ1) is 11.6. The topological polar surface area (TPSA) is 64.6 Å². The summed E-state index contributed by atoms with van der Waals surface area (Å²) in [6.45, 7) is 0. The van der Waals surface area contributed by atoms with E-state index in [0.29, 0.717) is 11.8 Å². The minimum atomic E-state index is -4.67. The average Bonchev–Trinajstić information content (AvgIpc) is 2.53. The lowest BCUT2D eigenvalue weighted by Gasteiger charge is -2.13. The fraction of sp³-hybridized carbons (Fsp3) is 0.200. The molecule has 0 aliphatic carbocycles. The zero-order chi connectivity index (χ0) is 18.8. The van der Waals surface area contributed by atoms with E-state index in [4.69, 9.17) is 9.47 Å². The van der Waals surface area contributed by atoms with E-state index in [1.54, 1.807) is 0 Å². The number of anilines is 1. The maximum Gasteiger partial charge on any atom is 0.416 e. The Morgan fingerprint density at radius 1 is 1.00 bits per heavy atom. The molecule has 2 aromatic carbocycles. The molecule has 0 heterocycles. The van der Waals surface area contributed by atoms with Gasteiger partial charge in [-0.3, -0.25) is 4.72 Å². The third-order valence-corrected chi connectivity index (χ3v) is 4.96. The van der Waals surface area contributed by atoms with Gasteiger partial charge in [-0.25, -0.2) is 8.42 Å². The van der Waals surface area contributed by atoms with Gasteiger partial charge in [0.05, 0.1) is 30.4 Å². The number of halogens is 4. The lowest BCUT2D eigenvalue weighted by molar-refractivity contribution is -0.137. The molecule has 0 spiro atoms. The predicted molar refractivity (Wildman–Crippen MR) is 89.5 cm³/mol. The lowest BCUT2D eigenvalue weighted by Crippen LogP contribution is -2.15. The predicted octanol–water partition coefficient (Wildman–Crippen LogP) is 4.29. The standard InChI is InChI=1S/C15H13BrF3NO4S/c1-23-13-4-3-11(8-14(13)24-2)20-25(21,22)12-6-9(15(17,18)19)5-10(16)7-12/h3-8,20H,1-2H3. The van der Waals surface area contributed by atoms with Crippen molar-refractivity contribution in [3.63, 3.8) is 0 Å². The molecule has 0 aromatic heterocycles. The number of nitrogens with one attached hydrogen (secondary N) is 1. The highest BCUT2D eigenvalue weighted by Crippen LogP contribution is 2.34. The van der Waals surface area contributed by atoms with Crippen LogP contribution in [0.15, 0.2) is 45.8 Å². The molecule has 25 heavy (non-hydrogen) atoms. The summed E-state index contributed by atoms with van der Waals surface area (Å²) in [5.74, 6) is 0.653. The van der Waals surface area contributed by atoms with Crippen molar-refractivity contribution in [2.45, 2.75) is 11.1 Å². The molecule has 2 rings (SSSR count). The number of methoxy groups -OCH3 is 2. The Bertz CT molecular complexity index is 885. The van der Waals surface area contributed by atoms with Gasteiger partial charge in [-0.05, 0) is 30.3 Å². The van der Waals surface area contributed by atoms with Crippen molar-refractivity contribution in [3.8, 4) is 11.5 Å². The first-order valence-corrected chi connectivity index (χ1v) is 8.97. The Morgan fingerprint density at radius 3 is 2.20 bits per heavy atom. The number of hydrogen-bond acceptors (Lipinski definition) is 4. The molecule has 0 aliphatic rings. The van der Waals surface area contributed by atoms with Crippen LogP contribution in [0.1, 0.15) is 5.56 Å². The van der Waals surface area contributed by atoms with Crippen molar-refractivity contribution in [2.24, 2.45) is 0 Å². The van der Waals surface area contributed by atoms with Crippen molar-refractivity contribution in [3.05, 3.63) is 46.4 Å². The van der Waals surface area contributed by atoms with Crippen LogP contribution in [0.4, 0.5) is 18.9 Å². The summed E-state index contributed by atoms with van der Waals surface area (Å²) in [4.78, 5) is -0.524. The van der Waals surface area contributed by atoms with E-state index in [1.807, 2.05) is 0 Å². The van der Waals surface area contributed by atoms with Gasteiger partial charge in [-0.1, -0.05) is 15.9 Å². The fourth-order valence-electron chi connectivity index (χ4n) is 2.00. The molecule has 0 saturated carbocycles. The van der Waals surface area contributed by atoms with E-state index in [1.165, 1.54) is 32.4 Å². The second kappa shape index (κ2) is 7.12. The quantitative estimate of drug-likeness (QED) is 0.754. The zero-order valence-corrected chi connectivity index (χ0v) is 15.4. The molecule has 136 valence electrons. The Balaban J connectivity index is 2.42. The highest BCUT2D eigenvalue weighted by atomic mass is 79.9. The van der Waals surface area contributed by atoms with Crippen LogP contribution < -0.4 is 14.2 Å². The van der Waals surface area contributed by atoms with Crippen LogP contribution in [-0.4, -0.2) is 22.6 Å². The molecule has 0 saturated heterocycles. The number of ether oxygens (including phenoxy) is 2. The normalized spacial score (nSPS) is 11.9. The van der Waals surface area contributed by atoms with E-state index in [-0.39, 0.29) is 15.9 Å². The molecule has 0 amide bonds. The van der Waals surface area contributed by atoms with Crippen LogP contribution in [-0.2, 0) is 16.2 Å². The van der Waals surface area contributed by atoms with Gasteiger partial charge in [-0.15, -0.1) is 0 Å². The molecular weight excluding hydrogens is 427 g/mol. The summed E-state index contributed by atoms with van der Waals surface area (Å²) in [6.07, 6.45) is -4.67. The molecule has 0 bridgehead atoms. The second-order valence-electron chi connectivity index (χ2n) is 4.85. The van der Waals surface area contributed by atoms with E-state index < -0.39 is 26.7 Å². The van der Waals surface area contributed by atoms with Crippen molar-refractivity contribution >= 4 is 31.6 Å². The minimum absolute atomic E-state index is 0.00462. The van der Waals surface area contributed by atoms with E-state index in [2.05, 4.69) is 20.7 Å². The maximum atomic E-state index is 12.9. The summed E-state index contributed by atoms with van der Waals surface area (Å²) in [5, 5.41) is 0. The zero-order valence-electron chi connectivity index (χ0n) is 13.0. The smallest absolute Gasteiger partial charge is 0.416 e. The lowest BCUT2D eigenvalue weighted by atomic mass is 10.2. The fourth-order valence-corrected chi connectivity index (χ4v) is 3.76. The van der Waals surface area contributed by atoms with Crippen LogP contribution >= 0.6 is 15.9 Å². The maximum absolute atomic E-state index is 12.9. The summed E-state index contributed by atoms with van der Waals surface area (Å²) >= 11 is 2.90. The summed E-state index contributed by atoms with van der Waals surface area (Å²) in [7, 11) is -1.45. The Morgan fingerprint density at radius 2 is 1.64 bits per heavy atom. The molecule has 0 unspecified atom stereocenters. The van der Waals surface area contributed by atoms with Gasteiger partial charge in [0.25, 0.3) is 10.0 Å². The van der Waals surface area contributed by atoms with Gasteiger partial charge in [0.2, 0.25) is 0 Å². The number of benzene rings is 2. The van der Waals surface area contributed by atoms with Crippen LogP contribution in [0.5, 0.6) is 11.5 Å². The second-order valence-corrected chi connectivity index (χ2v) is 7.45. The summed E-state index contributed by atoms with van der Waals surface area (Å²) < 4.78 is 75.8. The van der Waals surface area contributed by atoms with E-state index in [9.17, 15) is 21.6 Å². The first-order valence-electron chi connectivity index (χ1n) is 6.69. The number of hydrogen-bond donors (Lipinski definition) is 1. The van der Waals surface area contributed by atoms with Crippen molar-refractivity contribution < 1.29 is 31.1 Å². The molecular formula is C15H13BrF3NO4S. The van der Waals surface area contributed by atoms with Crippen molar-refractivity contribution in [1.29, 1.82) is 0 Å². The number of sulfonamides is 1. The van der Waals surface area contributed by atoms with Crippen LogP contribution in [0.3, 0.4) is 0 Å². The number of rotatable bonds is 5. The van der Waals surface area contributed by atoms with Crippen molar-refractivity contribution in [1.82, 2.24) is 0 Å². The molecule has 1 N–H and O–H groups in total. The third-order valence-electron chi connectivity index (χ3n) is 3.14. The minimum Gasteiger partial charge on any atom is -0.493 e. The molecule has 0 radical (unpaired) electrons. The van der Waals surface area contributed by atoms with E-state index in [0.717, 1.165) is 12.1 Å². The van der Waals surface area contributed by atoms with Gasteiger partial charge < -0.3 is 9.47 Å². The highest BCUT2D eigenvalue weighted by Gasteiger charge is 2.32. The van der Waals surface area contributed by atoms with Crippen LogP contribution in [0.25, 0.3) is 0 Å². The van der Waals surface area contributed by atoms with Gasteiger partial charge in [-0.2, -0.15) is 13.2 Å². The van der Waals surface area contributed by atoms with Gasteiger partial charge in [0.15, 0.2) is 11.5 Å².